The first-order valence-electron chi connectivity index (χ1n) is 4.21. The molecule has 0 amide bonds. The van der Waals surface area contributed by atoms with Crippen molar-refractivity contribution in [1.29, 1.82) is 0 Å². The van der Waals surface area contributed by atoms with E-state index in [4.69, 9.17) is 9.47 Å². The van der Waals surface area contributed by atoms with Crippen LogP contribution in [0, 0.1) is 6.92 Å². The Morgan fingerprint density at radius 3 is 1.81 bits per heavy atom. The fourth-order valence-corrected chi connectivity index (χ4v) is 1.15. The fourth-order valence-electron chi connectivity index (χ4n) is 1.15. The van der Waals surface area contributed by atoms with Gasteiger partial charge in [-0.2, -0.15) is 0 Å². The molecule has 89 valence electrons. The molecule has 1 aromatic rings. The molecule has 0 aliphatic carbocycles. The van der Waals surface area contributed by atoms with Gasteiger partial charge in [-0.1, -0.05) is 0 Å². The zero-order chi connectivity index (χ0) is 12.3. The summed E-state index contributed by atoms with van der Waals surface area (Å²) in [5, 5.41) is 0. The Labute approximate surface area is 90.7 Å². The topological polar surface area (TPSA) is 27.7 Å². The van der Waals surface area contributed by atoms with Crippen LogP contribution in [0.5, 0.6) is 17.2 Å². The van der Waals surface area contributed by atoms with Crippen LogP contribution in [0.1, 0.15) is 5.56 Å². The van der Waals surface area contributed by atoms with Gasteiger partial charge in [0.25, 0.3) is 0 Å². The summed E-state index contributed by atoms with van der Waals surface area (Å²) < 4.78 is 49.4. The number of benzene rings is 1. The van der Waals surface area contributed by atoms with E-state index in [0.717, 1.165) is 12.1 Å². The molecule has 1 radical (unpaired) electrons. The average molecular weight is 235 g/mol. The van der Waals surface area contributed by atoms with Gasteiger partial charge in [-0.3, -0.25) is 0 Å². The highest BCUT2D eigenvalue weighted by Gasteiger charge is 2.31. The summed E-state index contributed by atoms with van der Waals surface area (Å²) in [4.78, 5) is 0. The largest absolute Gasteiger partial charge is 0.573 e. The third kappa shape index (κ3) is 2.95. The summed E-state index contributed by atoms with van der Waals surface area (Å²) >= 11 is 0. The second kappa shape index (κ2) is 4.51. The van der Waals surface area contributed by atoms with E-state index < -0.39 is 12.1 Å². The van der Waals surface area contributed by atoms with Crippen LogP contribution < -0.4 is 14.2 Å². The van der Waals surface area contributed by atoms with Crippen LogP contribution in [0.15, 0.2) is 12.1 Å². The van der Waals surface area contributed by atoms with Gasteiger partial charge in [0.15, 0.2) is 0 Å². The Morgan fingerprint density at radius 2 is 1.50 bits per heavy atom. The van der Waals surface area contributed by atoms with Crippen LogP contribution >= 0.6 is 0 Å². The molecule has 6 heteroatoms. The predicted octanol–water partition coefficient (Wildman–Crippen LogP) is 2.78. The number of hydrogen-bond acceptors (Lipinski definition) is 3. The molecule has 0 spiro atoms. The molecule has 0 bridgehead atoms. The van der Waals surface area contributed by atoms with E-state index in [1.165, 1.54) is 14.2 Å². The maximum Gasteiger partial charge on any atom is 0.573 e. The molecule has 0 atom stereocenters. The van der Waals surface area contributed by atoms with Gasteiger partial charge in [-0.15, -0.1) is 13.2 Å². The minimum atomic E-state index is -4.75. The Morgan fingerprint density at radius 1 is 1.06 bits per heavy atom. The lowest BCUT2D eigenvalue weighted by Gasteiger charge is -2.14. The zero-order valence-corrected chi connectivity index (χ0v) is 8.72. The van der Waals surface area contributed by atoms with Gasteiger partial charge in [0, 0.05) is 17.7 Å². The first-order chi connectivity index (χ1) is 7.37. The Bertz CT molecular complexity index is 349. The molecule has 1 rings (SSSR count). The van der Waals surface area contributed by atoms with Crippen LogP contribution in [-0.4, -0.2) is 20.6 Å². The van der Waals surface area contributed by atoms with Gasteiger partial charge in [0.05, 0.1) is 14.2 Å². The van der Waals surface area contributed by atoms with E-state index in [9.17, 15) is 13.2 Å². The predicted molar refractivity (Wildman–Crippen MR) is 50.7 cm³/mol. The van der Waals surface area contributed by atoms with Gasteiger partial charge in [0.2, 0.25) is 0 Å². The summed E-state index contributed by atoms with van der Waals surface area (Å²) in [6.45, 7) is 3.61. The lowest BCUT2D eigenvalue weighted by atomic mass is 10.2. The molecule has 0 aliphatic heterocycles. The third-order valence-electron chi connectivity index (χ3n) is 1.81. The van der Waals surface area contributed by atoms with Crippen molar-refractivity contribution in [2.45, 2.75) is 6.36 Å². The average Bonchev–Trinajstić information content (AvgIpc) is 2.18. The molecular weight excluding hydrogens is 225 g/mol. The lowest BCUT2D eigenvalue weighted by molar-refractivity contribution is -0.274. The van der Waals surface area contributed by atoms with Crippen molar-refractivity contribution < 1.29 is 27.4 Å². The van der Waals surface area contributed by atoms with Gasteiger partial charge in [-0.05, 0) is 6.92 Å². The first kappa shape index (κ1) is 12.5. The maximum absolute atomic E-state index is 12.0. The van der Waals surface area contributed by atoms with E-state index >= 15 is 0 Å². The van der Waals surface area contributed by atoms with Gasteiger partial charge < -0.3 is 14.2 Å². The SMILES string of the molecule is [CH2]c1c(OC)cc(OC(F)(F)F)cc1OC. The highest BCUT2D eigenvalue weighted by atomic mass is 19.4. The van der Waals surface area contributed by atoms with Crippen molar-refractivity contribution in [3.05, 3.63) is 24.6 Å². The molecular formula is C10H10F3O3. The second-order valence-corrected chi connectivity index (χ2v) is 2.85. The van der Waals surface area contributed by atoms with Crippen LogP contribution in [0.2, 0.25) is 0 Å². The van der Waals surface area contributed by atoms with Gasteiger partial charge in [-0.25, -0.2) is 0 Å². The summed E-state index contributed by atoms with van der Waals surface area (Å²) in [6, 6.07) is 2.19. The number of rotatable bonds is 3. The smallest absolute Gasteiger partial charge is 0.496 e. The summed E-state index contributed by atoms with van der Waals surface area (Å²) in [5.41, 5.74) is 0.361. The van der Waals surface area contributed by atoms with E-state index in [1.54, 1.807) is 0 Å². The minimum Gasteiger partial charge on any atom is -0.496 e. The zero-order valence-electron chi connectivity index (χ0n) is 8.72. The molecule has 0 aliphatic rings. The first-order valence-corrected chi connectivity index (χ1v) is 4.21. The molecule has 0 N–H and O–H groups in total. The third-order valence-corrected chi connectivity index (χ3v) is 1.81. The molecule has 16 heavy (non-hydrogen) atoms. The minimum absolute atomic E-state index is 0.165. The van der Waals surface area contributed by atoms with Crippen LogP contribution in [0.4, 0.5) is 13.2 Å². The number of alkyl halides is 3. The van der Waals surface area contributed by atoms with Crippen molar-refractivity contribution in [2.24, 2.45) is 0 Å². The van der Waals surface area contributed by atoms with Crippen molar-refractivity contribution in [3.8, 4) is 17.2 Å². The van der Waals surface area contributed by atoms with Crippen molar-refractivity contribution in [1.82, 2.24) is 0 Å². The Kier molecular flexibility index (Phi) is 3.51. The van der Waals surface area contributed by atoms with Crippen molar-refractivity contribution in [3.63, 3.8) is 0 Å². The van der Waals surface area contributed by atoms with Crippen molar-refractivity contribution in [2.75, 3.05) is 14.2 Å². The van der Waals surface area contributed by atoms with Crippen LogP contribution in [0.3, 0.4) is 0 Å². The molecule has 3 nitrogen and oxygen atoms in total. The fraction of sp³-hybridized carbons (Fsp3) is 0.300. The van der Waals surface area contributed by atoms with E-state index in [1.807, 2.05) is 0 Å². The van der Waals surface area contributed by atoms with Crippen LogP contribution in [0.25, 0.3) is 0 Å². The second-order valence-electron chi connectivity index (χ2n) is 2.85. The highest BCUT2D eigenvalue weighted by molar-refractivity contribution is 5.52. The summed E-state index contributed by atoms with van der Waals surface area (Å²) in [5.74, 6) is -0.0780. The number of halogens is 3. The molecule has 1 aromatic carbocycles. The van der Waals surface area contributed by atoms with Gasteiger partial charge >= 0.3 is 6.36 Å². The van der Waals surface area contributed by atoms with E-state index in [2.05, 4.69) is 11.7 Å². The number of ether oxygens (including phenoxy) is 3. The molecule has 0 saturated heterocycles. The number of hydrogen-bond donors (Lipinski definition) is 0. The van der Waals surface area contributed by atoms with Gasteiger partial charge in [0.1, 0.15) is 17.2 Å². The number of methoxy groups -OCH3 is 2. The summed E-state index contributed by atoms with van der Waals surface area (Å²) in [6.07, 6.45) is -4.75. The van der Waals surface area contributed by atoms with Crippen LogP contribution in [-0.2, 0) is 0 Å². The molecule has 0 heterocycles. The molecule has 0 aromatic heterocycles. The van der Waals surface area contributed by atoms with E-state index in [-0.39, 0.29) is 11.5 Å². The summed E-state index contributed by atoms with van der Waals surface area (Å²) in [7, 11) is 2.64. The normalized spacial score (nSPS) is 11.1. The Balaban J connectivity index is 3.12. The molecule has 0 saturated carbocycles. The van der Waals surface area contributed by atoms with E-state index in [0.29, 0.717) is 5.56 Å². The monoisotopic (exact) mass is 235 g/mol. The van der Waals surface area contributed by atoms with Crippen molar-refractivity contribution >= 4 is 0 Å². The lowest BCUT2D eigenvalue weighted by Crippen LogP contribution is -2.17. The molecule has 0 fully saturated rings. The maximum atomic E-state index is 12.0. The quantitative estimate of drug-likeness (QED) is 0.806. The highest BCUT2D eigenvalue weighted by Crippen LogP contribution is 2.35. The molecule has 0 unspecified atom stereocenters. The Hall–Kier alpha value is -1.59. The standard InChI is InChI=1S/C10H10F3O3/c1-6-8(14-2)4-7(5-9(6)15-3)16-10(11,12)13/h4-5H,1H2,2-3H3.